The number of nitriles is 1. The Balaban J connectivity index is 0.000000342. The summed E-state index contributed by atoms with van der Waals surface area (Å²) in [6.07, 6.45) is 1.76. The van der Waals surface area contributed by atoms with Gasteiger partial charge < -0.3 is 15.1 Å². The number of halogens is 4. The number of nitrogens with zero attached hydrogens (tertiary/aromatic N) is 3. The molecule has 5 rings (SSSR count). The number of urea groups is 1. The van der Waals surface area contributed by atoms with E-state index in [1.807, 2.05) is 24.3 Å². The number of rotatable bonds is 5. The molecule has 3 atom stereocenters. The van der Waals surface area contributed by atoms with Gasteiger partial charge in [-0.25, -0.2) is 9.18 Å². The van der Waals surface area contributed by atoms with Crippen LogP contribution in [-0.2, 0) is 6.18 Å². The topological polar surface area (TPSA) is 59.4 Å². The molecule has 1 saturated heterocycles. The predicted molar refractivity (Wildman–Crippen MR) is 133 cm³/mol. The van der Waals surface area contributed by atoms with Crippen molar-refractivity contribution in [3.63, 3.8) is 0 Å². The highest BCUT2D eigenvalue weighted by Crippen LogP contribution is 2.50. The van der Waals surface area contributed by atoms with Crippen LogP contribution in [0.4, 0.5) is 28.0 Å². The molecule has 3 unspecified atom stereocenters. The van der Waals surface area contributed by atoms with Crippen LogP contribution < -0.4 is 5.32 Å². The zero-order chi connectivity index (χ0) is 26.4. The van der Waals surface area contributed by atoms with Crippen molar-refractivity contribution >= 4 is 11.7 Å². The van der Waals surface area contributed by atoms with Gasteiger partial charge in [0.05, 0.1) is 17.2 Å². The van der Waals surface area contributed by atoms with Crippen molar-refractivity contribution in [2.75, 3.05) is 31.5 Å². The molecule has 2 aromatic rings. The molecule has 2 amide bonds. The molecule has 0 bridgehead atoms. The lowest BCUT2D eigenvalue weighted by Gasteiger charge is -2.35. The van der Waals surface area contributed by atoms with E-state index < -0.39 is 23.6 Å². The third-order valence-electron chi connectivity index (χ3n) is 7.50. The fraction of sp³-hybridized carbons (Fsp3) is 0.500. The first-order valence-corrected chi connectivity index (χ1v) is 12.9. The highest BCUT2D eigenvalue weighted by atomic mass is 19.4. The van der Waals surface area contributed by atoms with E-state index in [-0.39, 0.29) is 11.7 Å². The number of amides is 2. The highest BCUT2D eigenvalue weighted by Gasteiger charge is 2.44. The molecule has 2 aliphatic carbocycles. The lowest BCUT2D eigenvalue weighted by atomic mass is 9.94. The van der Waals surface area contributed by atoms with Crippen LogP contribution in [0.3, 0.4) is 0 Å². The van der Waals surface area contributed by atoms with Gasteiger partial charge in [0.15, 0.2) is 0 Å². The third kappa shape index (κ3) is 7.45. The van der Waals surface area contributed by atoms with Gasteiger partial charge in [0.1, 0.15) is 5.82 Å². The number of carbonyl (C=O) groups is 1. The van der Waals surface area contributed by atoms with E-state index in [0.717, 1.165) is 63.7 Å². The first-order chi connectivity index (χ1) is 17.7. The maximum Gasteiger partial charge on any atom is 0.419 e. The average Bonchev–Trinajstić information content (AvgIpc) is 3.47. The summed E-state index contributed by atoms with van der Waals surface area (Å²) in [6, 6.07) is 13.5. The Kier molecular flexibility index (Phi) is 8.70. The Morgan fingerprint density at radius 3 is 2.41 bits per heavy atom. The van der Waals surface area contributed by atoms with Crippen LogP contribution in [0, 0.1) is 29.0 Å². The van der Waals surface area contributed by atoms with Gasteiger partial charge in [-0.1, -0.05) is 18.2 Å². The molecule has 0 aromatic heterocycles. The largest absolute Gasteiger partial charge is 0.419 e. The van der Waals surface area contributed by atoms with Gasteiger partial charge in [-0.3, -0.25) is 0 Å². The molecule has 0 spiro atoms. The van der Waals surface area contributed by atoms with Gasteiger partial charge in [0.25, 0.3) is 0 Å². The molecule has 5 nitrogen and oxygen atoms in total. The molecule has 198 valence electrons. The van der Waals surface area contributed by atoms with Crippen LogP contribution in [0.1, 0.15) is 49.7 Å². The van der Waals surface area contributed by atoms with Crippen molar-refractivity contribution in [1.29, 1.82) is 5.26 Å². The molecule has 2 saturated carbocycles. The molecule has 2 aromatic carbocycles. The van der Waals surface area contributed by atoms with Crippen LogP contribution in [-0.4, -0.2) is 48.1 Å². The van der Waals surface area contributed by atoms with E-state index in [1.165, 1.54) is 12.5 Å². The van der Waals surface area contributed by atoms with Crippen LogP contribution in [0.15, 0.2) is 48.5 Å². The summed E-state index contributed by atoms with van der Waals surface area (Å²) < 4.78 is 52.5. The fourth-order valence-corrected chi connectivity index (χ4v) is 5.34. The normalized spacial score (nSPS) is 22.7. The lowest BCUT2D eigenvalue weighted by Crippen LogP contribution is -2.47. The molecular formula is C28H32F4N4O. The zero-order valence-electron chi connectivity index (χ0n) is 20.7. The maximum atomic E-state index is 13.5. The first kappa shape index (κ1) is 26.9. The van der Waals surface area contributed by atoms with Crippen molar-refractivity contribution in [1.82, 2.24) is 9.80 Å². The molecule has 1 aliphatic heterocycles. The van der Waals surface area contributed by atoms with Crippen molar-refractivity contribution in [3.05, 3.63) is 65.5 Å². The summed E-state index contributed by atoms with van der Waals surface area (Å²) in [5.41, 5.74) is -0.681. The second-order valence-electron chi connectivity index (χ2n) is 10.1. The summed E-state index contributed by atoms with van der Waals surface area (Å²) in [7, 11) is 0. The summed E-state index contributed by atoms with van der Waals surface area (Å²) >= 11 is 0. The number of fused-ring (bicyclic) bond motifs is 1. The minimum atomic E-state index is -4.80. The predicted octanol–water partition coefficient (Wildman–Crippen LogP) is 6.52. The van der Waals surface area contributed by atoms with E-state index in [2.05, 4.69) is 10.2 Å². The summed E-state index contributed by atoms with van der Waals surface area (Å²) in [4.78, 5) is 17.1. The van der Waals surface area contributed by atoms with E-state index in [1.54, 1.807) is 17.0 Å². The van der Waals surface area contributed by atoms with Gasteiger partial charge in [-0.05, 0) is 93.8 Å². The van der Waals surface area contributed by atoms with E-state index in [9.17, 15) is 22.4 Å². The number of benzene rings is 2. The summed E-state index contributed by atoms with van der Waals surface area (Å²) in [5, 5.41) is 10.9. The van der Waals surface area contributed by atoms with Crippen molar-refractivity contribution in [2.24, 2.45) is 11.8 Å². The fourth-order valence-electron chi connectivity index (χ4n) is 5.34. The van der Waals surface area contributed by atoms with Crippen molar-refractivity contribution in [2.45, 2.75) is 50.7 Å². The average molecular weight is 517 g/mol. The SMILES string of the molecule is N#Cc1ccccc1.O=C(Nc1ccc(F)c(C(F)(F)F)c1)N(CCN1CCCC1)C1CCC2CC2C1. The van der Waals surface area contributed by atoms with Gasteiger partial charge in [0, 0.05) is 24.8 Å². The monoisotopic (exact) mass is 516 g/mol. The van der Waals surface area contributed by atoms with Crippen LogP contribution in [0.25, 0.3) is 0 Å². The molecule has 1 heterocycles. The van der Waals surface area contributed by atoms with Crippen molar-refractivity contribution < 1.29 is 22.4 Å². The van der Waals surface area contributed by atoms with Gasteiger partial charge in [0.2, 0.25) is 0 Å². The number of nitrogens with one attached hydrogen (secondary N) is 1. The molecule has 3 aliphatic rings. The van der Waals surface area contributed by atoms with E-state index in [4.69, 9.17) is 5.26 Å². The number of likely N-dealkylation sites (tertiary alicyclic amines) is 1. The van der Waals surface area contributed by atoms with E-state index >= 15 is 0 Å². The molecule has 9 heteroatoms. The smallest absolute Gasteiger partial charge is 0.320 e. The minimum absolute atomic E-state index is 0.0324. The van der Waals surface area contributed by atoms with E-state index in [0.29, 0.717) is 24.1 Å². The Morgan fingerprint density at radius 1 is 1.05 bits per heavy atom. The maximum absolute atomic E-state index is 13.5. The molecular weight excluding hydrogens is 484 g/mol. The summed E-state index contributed by atoms with van der Waals surface area (Å²) in [6.45, 7) is 3.38. The van der Waals surface area contributed by atoms with Crippen LogP contribution >= 0.6 is 0 Å². The highest BCUT2D eigenvalue weighted by molar-refractivity contribution is 5.89. The Bertz CT molecular complexity index is 1100. The van der Waals surface area contributed by atoms with Gasteiger partial charge in [-0.15, -0.1) is 0 Å². The number of hydrogen-bond acceptors (Lipinski definition) is 3. The number of anilines is 1. The number of hydrogen-bond donors (Lipinski definition) is 1. The quantitative estimate of drug-likeness (QED) is 0.460. The molecule has 0 radical (unpaired) electrons. The second-order valence-corrected chi connectivity index (χ2v) is 10.1. The summed E-state index contributed by atoms with van der Waals surface area (Å²) in [5.74, 6) is 0.133. The van der Waals surface area contributed by atoms with Gasteiger partial charge in [-0.2, -0.15) is 18.4 Å². The third-order valence-corrected chi connectivity index (χ3v) is 7.50. The molecule has 1 N–H and O–H groups in total. The lowest BCUT2D eigenvalue weighted by molar-refractivity contribution is -0.139. The van der Waals surface area contributed by atoms with Crippen LogP contribution in [0.2, 0.25) is 0 Å². The Labute approximate surface area is 215 Å². The number of alkyl halides is 3. The van der Waals surface area contributed by atoms with Gasteiger partial charge >= 0.3 is 12.2 Å². The van der Waals surface area contributed by atoms with Crippen molar-refractivity contribution in [3.8, 4) is 6.07 Å². The molecule has 37 heavy (non-hydrogen) atoms. The molecule has 3 fully saturated rings. The standard InChI is InChI=1S/C21H27F4N3O.C7H5N/c22-19-6-4-16(13-18(19)21(23,24)25)26-20(29)28(10-9-27-7-1-2-8-27)17-5-3-14-11-15(14)12-17;8-6-7-4-2-1-3-5-7/h4,6,13-15,17H,1-3,5,7-12H2,(H,26,29);1-5H. The minimum Gasteiger partial charge on any atom is -0.320 e. The Morgan fingerprint density at radius 2 is 1.78 bits per heavy atom. The second kappa shape index (κ2) is 12.0. The van der Waals surface area contributed by atoms with Crippen LogP contribution in [0.5, 0.6) is 0 Å². The zero-order valence-corrected chi connectivity index (χ0v) is 20.7. The Hall–Kier alpha value is -3.12. The first-order valence-electron chi connectivity index (χ1n) is 12.9. The number of carbonyl (C=O) groups excluding carboxylic acids is 1.